The number of nitrogens with zero attached hydrogens (tertiary/aromatic N) is 1. The minimum Gasteiger partial charge on any atom is -0.490 e. The van der Waals surface area contributed by atoms with Crippen molar-refractivity contribution in [3.63, 3.8) is 0 Å². The van der Waals surface area contributed by atoms with Gasteiger partial charge in [0.15, 0.2) is 11.5 Å². The van der Waals surface area contributed by atoms with E-state index in [-0.39, 0.29) is 12.0 Å². The number of hydrogen-bond donors (Lipinski definition) is 1. The number of carboxylic acid groups (broad SMARTS) is 1. The van der Waals surface area contributed by atoms with Gasteiger partial charge in [0.05, 0.1) is 18.6 Å². The zero-order valence-electron chi connectivity index (χ0n) is 20.9. The van der Waals surface area contributed by atoms with Gasteiger partial charge in [-0.05, 0) is 69.0 Å². The zero-order valence-corrected chi connectivity index (χ0v) is 20.9. The summed E-state index contributed by atoms with van der Waals surface area (Å²) < 4.78 is 12.1. The highest BCUT2D eigenvalue weighted by Crippen LogP contribution is 2.38. The average Bonchev–Trinajstić information content (AvgIpc) is 2.84. The highest BCUT2D eigenvalue weighted by atomic mass is 16.5. The molecular formula is C30H35NO4. The Kier molecular flexibility index (Phi) is 8.09. The molecule has 0 aromatic heterocycles. The molecule has 35 heavy (non-hydrogen) atoms. The summed E-state index contributed by atoms with van der Waals surface area (Å²) in [6.45, 7) is 8.57. The van der Waals surface area contributed by atoms with Crippen LogP contribution in [0, 0.1) is 19.8 Å². The number of piperidine rings is 1. The maximum atomic E-state index is 11.8. The molecule has 2 unspecified atom stereocenters. The average molecular weight is 474 g/mol. The fraction of sp³-hybridized carbons (Fsp3) is 0.367. The Labute approximate surface area is 208 Å². The molecule has 1 saturated heterocycles. The first-order valence-corrected chi connectivity index (χ1v) is 12.4. The van der Waals surface area contributed by atoms with E-state index in [1.807, 2.05) is 43.3 Å². The largest absolute Gasteiger partial charge is 0.490 e. The third-order valence-electron chi connectivity index (χ3n) is 6.55. The Morgan fingerprint density at radius 2 is 1.71 bits per heavy atom. The fourth-order valence-corrected chi connectivity index (χ4v) is 5.04. The van der Waals surface area contributed by atoms with Crippen LogP contribution in [-0.2, 0) is 11.4 Å². The molecule has 0 aliphatic carbocycles. The molecule has 1 aliphatic rings. The lowest BCUT2D eigenvalue weighted by molar-refractivity contribution is -0.143. The Balaban J connectivity index is 1.70. The Bertz CT molecular complexity index is 1120. The molecule has 3 aromatic rings. The van der Waals surface area contributed by atoms with E-state index in [2.05, 4.69) is 49.1 Å². The normalized spacial score (nSPS) is 17.1. The first-order valence-electron chi connectivity index (χ1n) is 12.4. The molecule has 2 atom stereocenters. The number of benzene rings is 3. The van der Waals surface area contributed by atoms with Crippen molar-refractivity contribution in [1.82, 2.24) is 4.90 Å². The topological polar surface area (TPSA) is 59.0 Å². The molecule has 0 radical (unpaired) electrons. The van der Waals surface area contributed by atoms with Crippen molar-refractivity contribution in [1.29, 1.82) is 0 Å². The maximum absolute atomic E-state index is 11.8. The van der Waals surface area contributed by atoms with Gasteiger partial charge in [0, 0.05) is 6.54 Å². The highest BCUT2D eigenvalue weighted by molar-refractivity contribution is 5.70. The van der Waals surface area contributed by atoms with Gasteiger partial charge in [-0.25, -0.2) is 0 Å². The number of ether oxygens (including phenoxy) is 2. The second-order valence-electron chi connectivity index (χ2n) is 9.41. The number of aryl methyl sites for hydroxylation is 2. The number of rotatable bonds is 9. The van der Waals surface area contributed by atoms with Crippen LogP contribution >= 0.6 is 0 Å². The van der Waals surface area contributed by atoms with Gasteiger partial charge < -0.3 is 14.6 Å². The molecule has 3 aromatic carbocycles. The van der Waals surface area contributed by atoms with E-state index >= 15 is 0 Å². The van der Waals surface area contributed by atoms with E-state index in [4.69, 9.17) is 9.47 Å². The summed E-state index contributed by atoms with van der Waals surface area (Å²) in [5.41, 5.74) is 5.75. The first kappa shape index (κ1) is 24.8. The SMILES string of the molecule is CCOc1cc(C(c2cc(C)cc(C)c2)N2CCCC(C(=O)O)C2)ccc1OCc1ccccc1. The smallest absolute Gasteiger partial charge is 0.307 e. The Morgan fingerprint density at radius 3 is 2.40 bits per heavy atom. The van der Waals surface area contributed by atoms with Gasteiger partial charge in [-0.1, -0.05) is 65.7 Å². The summed E-state index contributed by atoms with van der Waals surface area (Å²) in [6, 6.07) is 22.8. The molecule has 5 nitrogen and oxygen atoms in total. The molecule has 0 saturated carbocycles. The maximum Gasteiger partial charge on any atom is 0.307 e. The summed E-state index contributed by atoms with van der Waals surface area (Å²) in [7, 11) is 0. The lowest BCUT2D eigenvalue weighted by Gasteiger charge is -2.38. The van der Waals surface area contributed by atoms with Crippen LogP contribution < -0.4 is 9.47 Å². The van der Waals surface area contributed by atoms with Gasteiger partial charge in [-0.15, -0.1) is 0 Å². The van der Waals surface area contributed by atoms with E-state index in [1.54, 1.807) is 0 Å². The van der Waals surface area contributed by atoms with Gasteiger partial charge in [-0.3, -0.25) is 9.69 Å². The third kappa shape index (κ3) is 6.23. The van der Waals surface area contributed by atoms with Crippen LogP contribution in [0.15, 0.2) is 66.7 Å². The molecule has 0 bridgehead atoms. The van der Waals surface area contributed by atoms with E-state index < -0.39 is 5.97 Å². The summed E-state index contributed by atoms with van der Waals surface area (Å²) in [4.78, 5) is 14.1. The second-order valence-corrected chi connectivity index (χ2v) is 9.41. The van der Waals surface area contributed by atoms with Gasteiger partial charge in [0.1, 0.15) is 6.61 Å². The van der Waals surface area contributed by atoms with Crippen LogP contribution in [0.25, 0.3) is 0 Å². The van der Waals surface area contributed by atoms with E-state index in [0.717, 1.165) is 30.5 Å². The van der Waals surface area contributed by atoms with Crippen LogP contribution in [0.4, 0.5) is 0 Å². The molecule has 0 amide bonds. The van der Waals surface area contributed by atoms with E-state index in [0.29, 0.717) is 31.3 Å². The number of hydrogen-bond acceptors (Lipinski definition) is 4. The standard InChI is InChI=1S/C30H35NO4/c1-4-34-28-18-24(12-13-27(28)35-20-23-9-6-5-7-10-23)29(26-16-21(2)15-22(3)17-26)31-14-8-11-25(19-31)30(32)33/h5-7,9-10,12-13,15-18,25,29H,4,8,11,14,19-20H2,1-3H3,(H,32,33). The van der Waals surface area contributed by atoms with Gasteiger partial charge in [-0.2, -0.15) is 0 Å². The van der Waals surface area contributed by atoms with Crippen LogP contribution in [0.2, 0.25) is 0 Å². The molecule has 1 N–H and O–H groups in total. The van der Waals surface area contributed by atoms with Gasteiger partial charge >= 0.3 is 5.97 Å². The predicted octanol–water partition coefficient (Wildman–Crippen LogP) is 6.17. The lowest BCUT2D eigenvalue weighted by Crippen LogP contribution is -2.41. The zero-order chi connectivity index (χ0) is 24.8. The highest BCUT2D eigenvalue weighted by Gasteiger charge is 2.32. The van der Waals surface area contributed by atoms with E-state index in [1.165, 1.54) is 16.7 Å². The molecule has 184 valence electrons. The lowest BCUT2D eigenvalue weighted by atomic mass is 9.90. The van der Waals surface area contributed by atoms with Crippen molar-refractivity contribution >= 4 is 5.97 Å². The monoisotopic (exact) mass is 473 g/mol. The Morgan fingerprint density at radius 1 is 0.971 bits per heavy atom. The second kappa shape index (κ2) is 11.4. The molecule has 1 aliphatic heterocycles. The van der Waals surface area contributed by atoms with Crippen molar-refractivity contribution < 1.29 is 19.4 Å². The molecule has 1 fully saturated rings. The third-order valence-corrected chi connectivity index (χ3v) is 6.55. The number of carbonyl (C=O) groups is 1. The van der Waals surface area contributed by atoms with Crippen molar-refractivity contribution in [2.45, 2.75) is 46.3 Å². The minimum absolute atomic E-state index is 0.0573. The quantitative estimate of drug-likeness (QED) is 0.403. The van der Waals surface area contributed by atoms with Crippen LogP contribution in [-0.4, -0.2) is 35.7 Å². The first-order chi connectivity index (χ1) is 16.9. The summed E-state index contributed by atoms with van der Waals surface area (Å²) in [5.74, 6) is 0.355. The molecule has 5 heteroatoms. The molecular weight excluding hydrogens is 438 g/mol. The van der Waals surface area contributed by atoms with Crippen molar-refractivity contribution in [3.8, 4) is 11.5 Å². The predicted molar refractivity (Wildman–Crippen MR) is 138 cm³/mol. The number of aliphatic carboxylic acids is 1. The summed E-state index contributed by atoms with van der Waals surface area (Å²) >= 11 is 0. The van der Waals surface area contributed by atoms with Gasteiger partial charge in [0.2, 0.25) is 0 Å². The Hall–Kier alpha value is -3.31. The van der Waals surface area contributed by atoms with Crippen LogP contribution in [0.1, 0.15) is 53.6 Å². The fourth-order valence-electron chi connectivity index (χ4n) is 5.04. The van der Waals surface area contributed by atoms with Gasteiger partial charge in [0.25, 0.3) is 0 Å². The van der Waals surface area contributed by atoms with Crippen LogP contribution in [0.5, 0.6) is 11.5 Å². The number of carboxylic acids is 1. The van der Waals surface area contributed by atoms with Crippen molar-refractivity contribution in [2.24, 2.45) is 5.92 Å². The van der Waals surface area contributed by atoms with Crippen molar-refractivity contribution in [3.05, 3.63) is 94.5 Å². The van der Waals surface area contributed by atoms with Crippen LogP contribution in [0.3, 0.4) is 0 Å². The summed E-state index contributed by atoms with van der Waals surface area (Å²) in [6.07, 6.45) is 1.59. The number of likely N-dealkylation sites (tertiary alicyclic amines) is 1. The summed E-state index contributed by atoms with van der Waals surface area (Å²) in [5, 5.41) is 9.71. The molecule has 4 rings (SSSR count). The minimum atomic E-state index is -0.714. The van der Waals surface area contributed by atoms with Crippen molar-refractivity contribution in [2.75, 3.05) is 19.7 Å². The molecule has 0 spiro atoms. The van der Waals surface area contributed by atoms with E-state index in [9.17, 15) is 9.90 Å². The molecule has 1 heterocycles.